The van der Waals surface area contributed by atoms with Crippen LogP contribution >= 0.6 is 0 Å². The van der Waals surface area contributed by atoms with Gasteiger partial charge in [0, 0.05) is 45.9 Å². The van der Waals surface area contributed by atoms with Gasteiger partial charge in [-0.15, -0.1) is 0 Å². The minimum atomic E-state index is -0.0132. The summed E-state index contributed by atoms with van der Waals surface area (Å²) in [5, 5.41) is 3.04. The standard InChI is InChI=1S/C16H31N3O2/c1-13(2)10-17-16(20)14(3)19-7-5-18(6-8-19)11-15-4-9-21-12-15/h13-15H,4-12H2,1-3H3,(H,17,20)/t14-,15+/m0/s1. The third-order valence-electron chi connectivity index (χ3n) is 4.56. The molecule has 0 saturated carbocycles. The summed E-state index contributed by atoms with van der Waals surface area (Å²) in [7, 11) is 0. The lowest BCUT2D eigenvalue weighted by molar-refractivity contribution is -0.126. The molecule has 2 heterocycles. The molecule has 2 fully saturated rings. The van der Waals surface area contributed by atoms with E-state index >= 15 is 0 Å². The highest BCUT2D eigenvalue weighted by Gasteiger charge is 2.27. The lowest BCUT2D eigenvalue weighted by Gasteiger charge is -2.38. The summed E-state index contributed by atoms with van der Waals surface area (Å²) in [6.07, 6.45) is 1.20. The van der Waals surface area contributed by atoms with E-state index in [1.165, 1.54) is 6.42 Å². The summed E-state index contributed by atoms with van der Waals surface area (Å²) < 4.78 is 5.45. The second-order valence-corrected chi connectivity index (χ2v) is 6.88. The molecule has 2 saturated heterocycles. The van der Waals surface area contributed by atoms with E-state index in [9.17, 15) is 4.79 Å². The van der Waals surface area contributed by atoms with Gasteiger partial charge in [-0.3, -0.25) is 9.69 Å². The maximum absolute atomic E-state index is 12.1. The van der Waals surface area contributed by atoms with E-state index in [4.69, 9.17) is 4.74 Å². The number of nitrogens with zero attached hydrogens (tertiary/aromatic N) is 2. The van der Waals surface area contributed by atoms with Crippen LogP contribution in [0.15, 0.2) is 0 Å². The van der Waals surface area contributed by atoms with E-state index in [1.54, 1.807) is 0 Å². The normalized spacial score (nSPS) is 26.2. The summed E-state index contributed by atoms with van der Waals surface area (Å²) in [6.45, 7) is 14.2. The first-order valence-electron chi connectivity index (χ1n) is 8.38. The van der Waals surface area contributed by atoms with Crippen molar-refractivity contribution in [1.82, 2.24) is 15.1 Å². The van der Waals surface area contributed by atoms with Crippen LogP contribution in [-0.2, 0) is 9.53 Å². The Bertz CT molecular complexity index is 321. The second-order valence-electron chi connectivity index (χ2n) is 6.88. The number of amides is 1. The fraction of sp³-hybridized carbons (Fsp3) is 0.938. The molecule has 0 bridgehead atoms. The van der Waals surface area contributed by atoms with Gasteiger partial charge in [0.05, 0.1) is 12.6 Å². The molecule has 5 heteroatoms. The summed E-state index contributed by atoms with van der Waals surface area (Å²) in [5.41, 5.74) is 0. The van der Waals surface area contributed by atoms with E-state index in [0.717, 1.165) is 52.5 Å². The van der Waals surface area contributed by atoms with E-state index in [1.807, 2.05) is 6.92 Å². The molecule has 5 nitrogen and oxygen atoms in total. The fourth-order valence-electron chi connectivity index (χ4n) is 3.04. The Morgan fingerprint density at radius 2 is 1.95 bits per heavy atom. The number of rotatable bonds is 6. The molecule has 0 unspecified atom stereocenters. The Hall–Kier alpha value is -0.650. The molecule has 0 aromatic heterocycles. The van der Waals surface area contributed by atoms with Gasteiger partial charge in [0.2, 0.25) is 5.91 Å². The maximum Gasteiger partial charge on any atom is 0.237 e. The van der Waals surface area contributed by atoms with Crippen LogP contribution in [0, 0.1) is 11.8 Å². The van der Waals surface area contributed by atoms with Crippen LogP contribution in [0.5, 0.6) is 0 Å². The van der Waals surface area contributed by atoms with Crippen LogP contribution < -0.4 is 5.32 Å². The molecule has 0 aromatic carbocycles. The van der Waals surface area contributed by atoms with Crippen LogP contribution in [0.4, 0.5) is 0 Å². The van der Waals surface area contributed by atoms with Crippen molar-refractivity contribution in [3.63, 3.8) is 0 Å². The maximum atomic E-state index is 12.1. The first-order valence-corrected chi connectivity index (χ1v) is 8.38. The summed E-state index contributed by atoms with van der Waals surface area (Å²) >= 11 is 0. The predicted octanol–water partition coefficient (Wildman–Crippen LogP) is 0.801. The van der Waals surface area contributed by atoms with Crippen LogP contribution in [0.2, 0.25) is 0 Å². The lowest BCUT2D eigenvalue weighted by atomic mass is 10.1. The average Bonchev–Trinajstić information content (AvgIpc) is 2.97. The molecule has 1 N–H and O–H groups in total. The smallest absolute Gasteiger partial charge is 0.237 e. The molecule has 0 radical (unpaired) electrons. The topological polar surface area (TPSA) is 44.8 Å². The van der Waals surface area contributed by atoms with Crippen molar-refractivity contribution in [3.05, 3.63) is 0 Å². The van der Waals surface area contributed by atoms with Crippen LogP contribution in [0.25, 0.3) is 0 Å². The molecule has 2 rings (SSSR count). The zero-order valence-corrected chi connectivity index (χ0v) is 13.8. The Balaban J connectivity index is 1.68. The molecule has 0 aliphatic carbocycles. The highest BCUT2D eigenvalue weighted by molar-refractivity contribution is 5.81. The zero-order valence-electron chi connectivity index (χ0n) is 13.8. The van der Waals surface area contributed by atoms with Crippen LogP contribution in [0.3, 0.4) is 0 Å². The Labute approximate surface area is 129 Å². The quantitative estimate of drug-likeness (QED) is 0.788. The SMILES string of the molecule is CC(C)CNC(=O)[C@H](C)N1CCN(C[C@H]2CCOC2)CC1. The fourth-order valence-corrected chi connectivity index (χ4v) is 3.04. The van der Waals surface area contributed by atoms with Gasteiger partial charge >= 0.3 is 0 Å². The van der Waals surface area contributed by atoms with Crippen LogP contribution in [-0.4, -0.2) is 74.2 Å². The number of hydrogen-bond acceptors (Lipinski definition) is 4. The second kappa shape index (κ2) is 8.11. The Morgan fingerprint density at radius 3 is 2.52 bits per heavy atom. The number of hydrogen-bond donors (Lipinski definition) is 1. The van der Waals surface area contributed by atoms with Gasteiger partial charge in [-0.25, -0.2) is 0 Å². The predicted molar refractivity (Wildman–Crippen MR) is 84.2 cm³/mol. The number of nitrogens with one attached hydrogen (secondary N) is 1. The zero-order chi connectivity index (χ0) is 15.2. The molecular weight excluding hydrogens is 266 g/mol. The highest BCUT2D eigenvalue weighted by atomic mass is 16.5. The Morgan fingerprint density at radius 1 is 1.24 bits per heavy atom. The van der Waals surface area contributed by atoms with Crippen molar-refractivity contribution in [3.8, 4) is 0 Å². The third-order valence-corrected chi connectivity index (χ3v) is 4.56. The Kier molecular flexibility index (Phi) is 6.45. The van der Waals surface area contributed by atoms with Gasteiger partial charge in [0.1, 0.15) is 0 Å². The molecule has 21 heavy (non-hydrogen) atoms. The summed E-state index contributed by atoms with van der Waals surface area (Å²) in [6, 6.07) is -0.0132. The van der Waals surface area contributed by atoms with Crippen molar-refractivity contribution in [1.29, 1.82) is 0 Å². The van der Waals surface area contributed by atoms with E-state index in [2.05, 4.69) is 29.0 Å². The molecular formula is C16H31N3O2. The summed E-state index contributed by atoms with van der Waals surface area (Å²) in [5.74, 6) is 1.39. The van der Waals surface area contributed by atoms with Gasteiger partial charge in [0.15, 0.2) is 0 Å². The van der Waals surface area contributed by atoms with Crippen molar-refractivity contribution in [2.24, 2.45) is 11.8 Å². The van der Waals surface area contributed by atoms with Gasteiger partial charge < -0.3 is 15.0 Å². The highest BCUT2D eigenvalue weighted by Crippen LogP contribution is 2.15. The number of carbonyl (C=O) groups excluding carboxylic acids is 1. The molecule has 0 aromatic rings. The number of carbonyl (C=O) groups is 1. The number of piperazine rings is 1. The minimum Gasteiger partial charge on any atom is -0.381 e. The first kappa shape index (κ1) is 16.7. The van der Waals surface area contributed by atoms with Crippen molar-refractivity contribution in [2.75, 3.05) is 52.5 Å². The molecule has 122 valence electrons. The van der Waals surface area contributed by atoms with Gasteiger partial charge in [0.25, 0.3) is 0 Å². The van der Waals surface area contributed by atoms with Crippen molar-refractivity contribution in [2.45, 2.75) is 33.2 Å². The molecule has 2 aliphatic rings. The van der Waals surface area contributed by atoms with Gasteiger partial charge in [-0.2, -0.15) is 0 Å². The van der Waals surface area contributed by atoms with E-state index < -0.39 is 0 Å². The first-order chi connectivity index (χ1) is 10.1. The van der Waals surface area contributed by atoms with Gasteiger partial charge in [-0.05, 0) is 25.2 Å². The lowest BCUT2D eigenvalue weighted by Crippen LogP contribution is -2.54. The van der Waals surface area contributed by atoms with Crippen molar-refractivity contribution < 1.29 is 9.53 Å². The molecule has 2 aliphatic heterocycles. The van der Waals surface area contributed by atoms with Crippen molar-refractivity contribution >= 4 is 5.91 Å². The van der Waals surface area contributed by atoms with Crippen LogP contribution in [0.1, 0.15) is 27.2 Å². The average molecular weight is 297 g/mol. The summed E-state index contributed by atoms with van der Waals surface area (Å²) in [4.78, 5) is 16.9. The monoisotopic (exact) mass is 297 g/mol. The van der Waals surface area contributed by atoms with Gasteiger partial charge in [-0.1, -0.05) is 13.8 Å². The molecule has 0 spiro atoms. The third kappa shape index (κ3) is 5.24. The minimum absolute atomic E-state index is 0.0132. The molecule has 1 amide bonds. The molecule has 2 atom stereocenters. The largest absolute Gasteiger partial charge is 0.381 e. The number of ether oxygens (including phenoxy) is 1. The van der Waals surface area contributed by atoms with E-state index in [0.29, 0.717) is 11.8 Å². The van der Waals surface area contributed by atoms with E-state index in [-0.39, 0.29) is 11.9 Å².